The van der Waals surface area contributed by atoms with E-state index in [0.717, 1.165) is 25.1 Å². The maximum Gasteiger partial charge on any atom is 0.240 e. The Bertz CT molecular complexity index is 539. The summed E-state index contributed by atoms with van der Waals surface area (Å²) >= 11 is 0. The van der Waals surface area contributed by atoms with Gasteiger partial charge < -0.3 is 5.32 Å². The molecule has 0 fully saturated rings. The van der Waals surface area contributed by atoms with E-state index in [2.05, 4.69) is 21.9 Å². The third-order valence-electron chi connectivity index (χ3n) is 2.46. The minimum absolute atomic E-state index is 0.292. The van der Waals surface area contributed by atoms with Crippen molar-refractivity contribution in [1.29, 1.82) is 0 Å². The smallest absolute Gasteiger partial charge is 0.240 e. The van der Waals surface area contributed by atoms with E-state index in [4.69, 9.17) is 0 Å². The summed E-state index contributed by atoms with van der Waals surface area (Å²) in [6.45, 7) is 4.94. The molecular weight excluding hydrogens is 260 g/mol. The molecule has 0 radical (unpaired) electrons. The molecule has 0 saturated carbocycles. The fourth-order valence-corrected chi connectivity index (χ4v) is 2.60. The van der Waals surface area contributed by atoms with Crippen LogP contribution in [0.2, 0.25) is 0 Å². The van der Waals surface area contributed by atoms with Gasteiger partial charge in [-0.3, -0.25) is 0 Å². The van der Waals surface area contributed by atoms with Gasteiger partial charge in [-0.1, -0.05) is 6.92 Å². The number of sulfonamides is 1. The molecule has 1 aromatic carbocycles. The highest BCUT2D eigenvalue weighted by molar-refractivity contribution is 7.89. The van der Waals surface area contributed by atoms with Gasteiger partial charge in [0, 0.05) is 25.2 Å². The van der Waals surface area contributed by atoms with Gasteiger partial charge in [0.1, 0.15) is 0 Å². The molecule has 19 heavy (non-hydrogen) atoms. The predicted molar refractivity (Wildman–Crippen MR) is 78.5 cm³/mol. The highest BCUT2D eigenvalue weighted by Gasteiger charge is 2.12. The summed E-state index contributed by atoms with van der Waals surface area (Å²) in [5, 5.41) is 3.18. The molecule has 0 bridgehead atoms. The lowest BCUT2D eigenvalue weighted by Gasteiger charge is -2.07. The molecule has 5 heteroatoms. The third kappa shape index (κ3) is 5.33. The Balaban J connectivity index is 2.62. The second kappa shape index (κ2) is 7.82. The van der Waals surface area contributed by atoms with Gasteiger partial charge in [0.25, 0.3) is 0 Å². The van der Waals surface area contributed by atoms with Crippen LogP contribution in [0.15, 0.2) is 29.2 Å². The van der Waals surface area contributed by atoms with E-state index in [1.165, 1.54) is 0 Å². The van der Waals surface area contributed by atoms with Gasteiger partial charge >= 0.3 is 0 Å². The Hall–Kier alpha value is -1.51. The van der Waals surface area contributed by atoms with Crippen molar-refractivity contribution in [3.8, 4) is 11.8 Å². The largest absolute Gasteiger partial charge is 0.384 e. The van der Waals surface area contributed by atoms with E-state index in [9.17, 15) is 8.42 Å². The van der Waals surface area contributed by atoms with E-state index >= 15 is 0 Å². The molecule has 0 aliphatic rings. The van der Waals surface area contributed by atoms with Crippen molar-refractivity contribution in [3.05, 3.63) is 24.3 Å². The quantitative estimate of drug-likeness (QED) is 0.594. The van der Waals surface area contributed by atoms with Gasteiger partial charge in [-0.2, -0.15) is 0 Å². The Morgan fingerprint density at radius 1 is 1.16 bits per heavy atom. The van der Waals surface area contributed by atoms with E-state index in [-0.39, 0.29) is 0 Å². The topological polar surface area (TPSA) is 58.2 Å². The van der Waals surface area contributed by atoms with Crippen molar-refractivity contribution < 1.29 is 8.42 Å². The van der Waals surface area contributed by atoms with Crippen LogP contribution < -0.4 is 10.0 Å². The summed E-state index contributed by atoms with van der Waals surface area (Å²) in [5.41, 5.74) is 0.896. The molecule has 1 rings (SSSR count). The molecular formula is C14H20N2O2S. The molecule has 2 N–H and O–H groups in total. The Morgan fingerprint density at radius 3 is 2.42 bits per heavy atom. The molecule has 0 aliphatic carbocycles. The van der Waals surface area contributed by atoms with Crippen molar-refractivity contribution in [2.75, 3.05) is 18.4 Å². The maximum atomic E-state index is 11.9. The Morgan fingerprint density at radius 2 is 1.84 bits per heavy atom. The summed E-state index contributed by atoms with van der Waals surface area (Å²) in [6, 6.07) is 6.73. The first-order valence-corrected chi connectivity index (χ1v) is 7.81. The van der Waals surface area contributed by atoms with Crippen LogP contribution in [-0.2, 0) is 10.0 Å². The average Bonchev–Trinajstić information content (AvgIpc) is 2.42. The molecule has 104 valence electrons. The summed E-state index contributed by atoms with van der Waals surface area (Å²) < 4.78 is 26.2. The second-order valence-electron chi connectivity index (χ2n) is 4.03. The molecule has 0 aromatic heterocycles. The summed E-state index contributed by atoms with van der Waals surface area (Å²) in [6.07, 6.45) is 1.55. The molecule has 4 nitrogen and oxygen atoms in total. The Kier molecular flexibility index (Phi) is 6.40. The fraction of sp³-hybridized carbons (Fsp3) is 0.429. The lowest BCUT2D eigenvalue weighted by molar-refractivity contribution is 0.581. The van der Waals surface area contributed by atoms with Gasteiger partial charge in [0.05, 0.1) is 4.90 Å². The SMILES string of the molecule is CC#CCCNc1ccc(S(=O)(=O)NCCC)cc1. The first-order valence-electron chi connectivity index (χ1n) is 6.33. The van der Waals surface area contributed by atoms with Crippen LogP contribution in [0, 0.1) is 11.8 Å². The number of hydrogen-bond donors (Lipinski definition) is 2. The van der Waals surface area contributed by atoms with Crippen LogP contribution in [0.1, 0.15) is 26.7 Å². The van der Waals surface area contributed by atoms with Crippen LogP contribution in [-0.4, -0.2) is 21.5 Å². The zero-order valence-corrected chi connectivity index (χ0v) is 12.2. The van der Waals surface area contributed by atoms with E-state index in [0.29, 0.717) is 11.4 Å². The highest BCUT2D eigenvalue weighted by Crippen LogP contribution is 2.13. The predicted octanol–water partition coefficient (Wildman–Crippen LogP) is 2.20. The Labute approximate surface area is 115 Å². The number of benzene rings is 1. The van der Waals surface area contributed by atoms with Gasteiger partial charge in [0.15, 0.2) is 0 Å². The van der Waals surface area contributed by atoms with Gasteiger partial charge in [-0.15, -0.1) is 11.8 Å². The van der Waals surface area contributed by atoms with E-state index in [1.54, 1.807) is 24.3 Å². The lowest BCUT2D eigenvalue weighted by atomic mass is 10.3. The standard InChI is InChI=1S/C14H20N2O2S/c1-3-5-6-12-15-13-7-9-14(10-8-13)19(17,18)16-11-4-2/h7-10,15-16H,4,6,11-12H2,1-2H3. The van der Waals surface area contributed by atoms with E-state index in [1.807, 2.05) is 13.8 Å². The summed E-state index contributed by atoms with van der Waals surface area (Å²) in [7, 11) is -3.37. The normalized spacial score (nSPS) is 10.6. The number of nitrogens with one attached hydrogen (secondary N) is 2. The molecule has 0 heterocycles. The lowest BCUT2D eigenvalue weighted by Crippen LogP contribution is -2.24. The van der Waals surface area contributed by atoms with Crippen molar-refractivity contribution in [3.63, 3.8) is 0 Å². The van der Waals surface area contributed by atoms with E-state index < -0.39 is 10.0 Å². The first kappa shape index (κ1) is 15.5. The minimum atomic E-state index is -3.37. The van der Waals surface area contributed by atoms with Crippen molar-refractivity contribution >= 4 is 15.7 Å². The van der Waals surface area contributed by atoms with Gasteiger partial charge in [-0.25, -0.2) is 13.1 Å². The number of rotatable bonds is 7. The van der Waals surface area contributed by atoms with Crippen LogP contribution in [0.4, 0.5) is 5.69 Å². The molecule has 0 amide bonds. The van der Waals surface area contributed by atoms with Crippen molar-refractivity contribution in [1.82, 2.24) is 4.72 Å². The van der Waals surface area contributed by atoms with Crippen molar-refractivity contribution in [2.24, 2.45) is 0 Å². The van der Waals surface area contributed by atoms with Crippen LogP contribution >= 0.6 is 0 Å². The monoisotopic (exact) mass is 280 g/mol. The zero-order chi connectivity index (χ0) is 14.1. The molecule has 0 saturated heterocycles. The van der Waals surface area contributed by atoms with Gasteiger partial charge in [-0.05, 0) is 37.6 Å². The summed E-state index contributed by atoms with van der Waals surface area (Å²) in [5.74, 6) is 5.78. The third-order valence-corrected chi connectivity index (χ3v) is 3.94. The highest BCUT2D eigenvalue weighted by atomic mass is 32.2. The minimum Gasteiger partial charge on any atom is -0.384 e. The van der Waals surface area contributed by atoms with Crippen molar-refractivity contribution in [2.45, 2.75) is 31.6 Å². The molecule has 0 unspecified atom stereocenters. The first-order chi connectivity index (χ1) is 9.10. The van der Waals surface area contributed by atoms with Gasteiger partial charge in [0.2, 0.25) is 10.0 Å². The number of anilines is 1. The molecule has 1 aromatic rings. The zero-order valence-electron chi connectivity index (χ0n) is 11.4. The molecule has 0 aliphatic heterocycles. The van der Waals surface area contributed by atoms with Crippen LogP contribution in [0.25, 0.3) is 0 Å². The number of hydrogen-bond acceptors (Lipinski definition) is 3. The van der Waals surface area contributed by atoms with Crippen LogP contribution in [0.3, 0.4) is 0 Å². The maximum absolute atomic E-state index is 11.9. The van der Waals surface area contributed by atoms with Crippen LogP contribution in [0.5, 0.6) is 0 Å². The average molecular weight is 280 g/mol. The summed E-state index contributed by atoms with van der Waals surface area (Å²) in [4.78, 5) is 0.292. The molecule has 0 atom stereocenters. The molecule has 0 spiro atoms. The fourth-order valence-electron chi connectivity index (χ4n) is 1.47. The second-order valence-corrected chi connectivity index (χ2v) is 5.79.